The van der Waals surface area contributed by atoms with E-state index in [9.17, 15) is 9.59 Å². The Morgan fingerprint density at radius 3 is 2.76 bits per heavy atom. The zero-order valence-electron chi connectivity index (χ0n) is 14.0. The Balaban J connectivity index is 1.94. The van der Waals surface area contributed by atoms with E-state index in [0.29, 0.717) is 22.8 Å². The van der Waals surface area contributed by atoms with Gasteiger partial charge in [0.2, 0.25) is 0 Å². The fourth-order valence-corrected chi connectivity index (χ4v) is 3.32. The van der Waals surface area contributed by atoms with Gasteiger partial charge in [-0.2, -0.15) is 0 Å². The first-order chi connectivity index (χ1) is 12.1. The maximum absolute atomic E-state index is 12.2. The lowest BCUT2D eigenvalue weighted by Crippen LogP contribution is -2.17. The van der Waals surface area contributed by atoms with Crippen molar-refractivity contribution in [3.63, 3.8) is 0 Å². The minimum atomic E-state index is -0.358. The number of methoxy groups -OCH3 is 1. The van der Waals surface area contributed by atoms with Gasteiger partial charge in [0.25, 0.3) is 5.56 Å². The molecule has 3 aromatic rings. The molecule has 128 valence electrons. The molecule has 0 spiro atoms. The predicted octanol–water partition coefficient (Wildman–Crippen LogP) is 3.09. The Morgan fingerprint density at radius 2 is 1.96 bits per heavy atom. The lowest BCUT2D eigenvalue weighted by atomic mass is 9.99. The van der Waals surface area contributed by atoms with Crippen LogP contribution in [0.1, 0.15) is 16.8 Å². The van der Waals surface area contributed by atoms with Gasteiger partial charge in [-0.3, -0.25) is 9.59 Å². The number of hydrogen-bond donors (Lipinski definition) is 1. The van der Waals surface area contributed by atoms with Crippen LogP contribution >= 0.6 is 11.8 Å². The van der Waals surface area contributed by atoms with E-state index < -0.39 is 0 Å². The van der Waals surface area contributed by atoms with E-state index in [2.05, 4.69) is 32.9 Å². The summed E-state index contributed by atoms with van der Waals surface area (Å²) in [7, 11) is 1.33. The third kappa shape index (κ3) is 3.91. The van der Waals surface area contributed by atoms with Crippen molar-refractivity contribution in [2.45, 2.75) is 18.5 Å². The Labute approximate surface area is 149 Å². The first kappa shape index (κ1) is 17.2. The number of esters is 1. The first-order valence-electron chi connectivity index (χ1n) is 7.84. The maximum Gasteiger partial charge on any atom is 0.316 e. The van der Waals surface area contributed by atoms with Crippen LogP contribution in [0.2, 0.25) is 0 Å². The highest BCUT2D eigenvalue weighted by molar-refractivity contribution is 7.99. The van der Waals surface area contributed by atoms with Gasteiger partial charge in [-0.1, -0.05) is 54.2 Å². The molecule has 3 rings (SSSR count). The summed E-state index contributed by atoms with van der Waals surface area (Å²) in [6.45, 7) is 1.76. The number of ether oxygens (including phenoxy) is 1. The summed E-state index contributed by atoms with van der Waals surface area (Å²) in [4.78, 5) is 30.7. The van der Waals surface area contributed by atoms with E-state index in [1.165, 1.54) is 7.11 Å². The van der Waals surface area contributed by atoms with Gasteiger partial charge in [-0.25, -0.2) is 4.98 Å². The van der Waals surface area contributed by atoms with Gasteiger partial charge in [0.05, 0.1) is 18.6 Å². The number of nitrogens with one attached hydrogen (secondary N) is 1. The molecule has 0 aliphatic carbocycles. The molecular weight excluding hydrogens is 336 g/mol. The van der Waals surface area contributed by atoms with E-state index in [-0.39, 0.29) is 17.3 Å². The summed E-state index contributed by atoms with van der Waals surface area (Å²) in [6, 6.07) is 14.3. The quantitative estimate of drug-likeness (QED) is 0.433. The van der Waals surface area contributed by atoms with Crippen LogP contribution in [0.25, 0.3) is 10.8 Å². The smallest absolute Gasteiger partial charge is 0.316 e. The molecule has 25 heavy (non-hydrogen) atoms. The second-order valence-electron chi connectivity index (χ2n) is 5.62. The number of fused-ring (bicyclic) bond motifs is 1. The number of aromatic amines is 1. The molecule has 6 heteroatoms. The second-order valence-corrected chi connectivity index (χ2v) is 6.59. The summed E-state index contributed by atoms with van der Waals surface area (Å²) in [5.74, 6) is -0.250. The van der Waals surface area contributed by atoms with Crippen LogP contribution in [0.4, 0.5) is 0 Å². The molecule has 1 N–H and O–H groups in total. The van der Waals surface area contributed by atoms with Gasteiger partial charge >= 0.3 is 5.97 Å². The second kappa shape index (κ2) is 7.53. The van der Waals surface area contributed by atoms with Gasteiger partial charge in [-0.15, -0.1) is 0 Å². The number of rotatable bonds is 5. The highest BCUT2D eigenvalue weighted by Crippen LogP contribution is 2.22. The van der Waals surface area contributed by atoms with E-state index in [4.69, 9.17) is 0 Å². The van der Waals surface area contributed by atoms with Crippen molar-refractivity contribution >= 4 is 28.5 Å². The van der Waals surface area contributed by atoms with Crippen molar-refractivity contribution in [2.24, 2.45) is 0 Å². The third-order valence-corrected chi connectivity index (χ3v) is 4.87. The van der Waals surface area contributed by atoms with Gasteiger partial charge in [0.1, 0.15) is 0 Å². The van der Waals surface area contributed by atoms with Crippen molar-refractivity contribution in [1.82, 2.24) is 9.97 Å². The number of carbonyl (C=O) groups excluding carboxylic acids is 1. The van der Waals surface area contributed by atoms with Crippen molar-refractivity contribution in [3.05, 3.63) is 69.6 Å². The Kier molecular flexibility index (Phi) is 5.19. The van der Waals surface area contributed by atoms with Crippen molar-refractivity contribution in [3.8, 4) is 0 Å². The molecular formula is C19H18N2O3S. The third-order valence-electron chi connectivity index (χ3n) is 4.02. The van der Waals surface area contributed by atoms with E-state index in [1.807, 2.05) is 24.3 Å². The molecule has 0 bridgehead atoms. The average molecular weight is 354 g/mol. The highest BCUT2D eigenvalue weighted by atomic mass is 32.2. The normalized spacial score (nSPS) is 10.8. The first-order valence-corrected chi connectivity index (χ1v) is 8.83. The molecule has 1 aromatic heterocycles. The standard InChI is InChI=1S/C19H18N2O3S/c1-12-16(20-19(21-18(12)23)25-11-17(22)24-2)10-14-8-5-7-13-6-3-4-9-15(13)14/h3-9H,10-11H2,1-2H3,(H,20,21,23). The number of aromatic nitrogens is 2. The van der Waals surface area contributed by atoms with Gasteiger partial charge in [-0.05, 0) is 23.3 Å². The highest BCUT2D eigenvalue weighted by Gasteiger charge is 2.12. The van der Waals surface area contributed by atoms with E-state index in [1.54, 1.807) is 6.92 Å². The van der Waals surface area contributed by atoms with Crippen molar-refractivity contribution in [2.75, 3.05) is 12.9 Å². The summed E-state index contributed by atoms with van der Waals surface area (Å²) in [5, 5.41) is 2.73. The summed E-state index contributed by atoms with van der Waals surface area (Å²) in [5.41, 5.74) is 2.24. The van der Waals surface area contributed by atoms with Crippen LogP contribution in [0, 0.1) is 6.92 Å². The van der Waals surface area contributed by atoms with Gasteiger partial charge in [0.15, 0.2) is 5.16 Å². The zero-order valence-corrected chi connectivity index (χ0v) is 14.9. The zero-order chi connectivity index (χ0) is 17.8. The number of H-pyrrole nitrogens is 1. The van der Waals surface area contributed by atoms with Crippen LogP contribution in [0.15, 0.2) is 52.4 Å². The van der Waals surface area contributed by atoms with Crippen LogP contribution in [0.3, 0.4) is 0 Å². The molecule has 0 radical (unpaired) electrons. The lowest BCUT2D eigenvalue weighted by Gasteiger charge is -2.09. The van der Waals surface area contributed by atoms with E-state index in [0.717, 1.165) is 28.1 Å². The number of benzene rings is 2. The Morgan fingerprint density at radius 1 is 1.20 bits per heavy atom. The topological polar surface area (TPSA) is 72.0 Å². The maximum atomic E-state index is 12.2. The SMILES string of the molecule is COC(=O)CSc1nc(Cc2cccc3ccccc23)c(C)c(=O)[nH]1. The summed E-state index contributed by atoms with van der Waals surface area (Å²) in [6.07, 6.45) is 0.558. The predicted molar refractivity (Wildman–Crippen MR) is 99.1 cm³/mol. The van der Waals surface area contributed by atoms with Crippen molar-refractivity contribution < 1.29 is 9.53 Å². The molecule has 5 nitrogen and oxygen atoms in total. The molecule has 0 fully saturated rings. The molecule has 0 aliphatic rings. The number of carbonyl (C=O) groups is 1. The molecule has 0 aliphatic heterocycles. The van der Waals surface area contributed by atoms with Gasteiger partial charge in [0, 0.05) is 12.0 Å². The Bertz CT molecular complexity index is 977. The molecule has 0 atom stereocenters. The largest absolute Gasteiger partial charge is 0.468 e. The van der Waals surface area contributed by atoms with Crippen LogP contribution < -0.4 is 5.56 Å². The minimum Gasteiger partial charge on any atom is -0.468 e. The van der Waals surface area contributed by atoms with Crippen molar-refractivity contribution in [1.29, 1.82) is 0 Å². The fraction of sp³-hybridized carbons (Fsp3) is 0.211. The average Bonchev–Trinajstić information content (AvgIpc) is 2.63. The fourth-order valence-electron chi connectivity index (χ4n) is 2.61. The Hall–Kier alpha value is -2.60. The molecule has 1 heterocycles. The number of thioether (sulfide) groups is 1. The molecule has 0 unspecified atom stereocenters. The van der Waals surface area contributed by atoms with Crippen LogP contribution in [-0.2, 0) is 16.0 Å². The molecule has 0 saturated carbocycles. The summed E-state index contributed by atoms with van der Waals surface area (Å²) < 4.78 is 4.62. The van der Waals surface area contributed by atoms with E-state index >= 15 is 0 Å². The van der Waals surface area contributed by atoms with Gasteiger partial charge < -0.3 is 9.72 Å². The van der Waals surface area contributed by atoms with Crippen LogP contribution in [0.5, 0.6) is 0 Å². The minimum absolute atomic E-state index is 0.107. The molecule has 0 saturated heterocycles. The number of hydrogen-bond acceptors (Lipinski definition) is 5. The number of nitrogens with zero attached hydrogens (tertiary/aromatic N) is 1. The molecule has 0 amide bonds. The molecule has 2 aromatic carbocycles. The lowest BCUT2D eigenvalue weighted by molar-refractivity contribution is -0.137. The van der Waals surface area contributed by atoms with Crippen LogP contribution in [-0.4, -0.2) is 28.8 Å². The monoisotopic (exact) mass is 354 g/mol. The summed E-state index contributed by atoms with van der Waals surface area (Å²) >= 11 is 1.16.